The highest BCUT2D eigenvalue weighted by atomic mass is 79.9. The molecule has 4 nitrogen and oxygen atoms in total. The number of rotatable bonds is 1. The predicted molar refractivity (Wildman–Crippen MR) is 77.6 cm³/mol. The molecule has 0 saturated carbocycles. The molecule has 1 aromatic rings. The molecule has 2 amide bonds. The molecule has 0 atom stereocenters. The molecule has 1 aliphatic rings. The number of anilines is 2. The van der Waals surface area contributed by atoms with E-state index in [1.165, 1.54) is 12.8 Å². The average Bonchev–Trinajstić information content (AvgIpc) is 2.62. The maximum atomic E-state index is 12.1. The molecule has 1 fully saturated rings. The van der Waals surface area contributed by atoms with Crippen LogP contribution in [0.2, 0.25) is 0 Å². The van der Waals surface area contributed by atoms with Gasteiger partial charge in [-0.15, -0.1) is 0 Å². The number of likely N-dealkylation sites (tertiary alicyclic amines) is 1. The molecule has 0 spiro atoms. The van der Waals surface area contributed by atoms with Gasteiger partial charge in [0.2, 0.25) is 0 Å². The smallest absolute Gasteiger partial charge is 0.321 e. The lowest BCUT2D eigenvalue weighted by Gasteiger charge is -2.21. The van der Waals surface area contributed by atoms with Gasteiger partial charge in [0.25, 0.3) is 0 Å². The molecule has 0 aromatic heterocycles. The second kappa shape index (κ2) is 6.09. The first kappa shape index (κ1) is 13.2. The van der Waals surface area contributed by atoms with Crippen LogP contribution in [-0.2, 0) is 0 Å². The zero-order valence-corrected chi connectivity index (χ0v) is 11.9. The van der Waals surface area contributed by atoms with Crippen molar-refractivity contribution in [1.82, 2.24) is 4.90 Å². The van der Waals surface area contributed by atoms with E-state index in [-0.39, 0.29) is 6.03 Å². The molecule has 5 heteroatoms. The molecule has 18 heavy (non-hydrogen) atoms. The summed E-state index contributed by atoms with van der Waals surface area (Å²) in [5.74, 6) is 0. The van der Waals surface area contributed by atoms with E-state index in [1.807, 2.05) is 11.0 Å². The van der Waals surface area contributed by atoms with Crippen molar-refractivity contribution in [3.05, 3.63) is 22.7 Å². The zero-order valence-electron chi connectivity index (χ0n) is 10.3. The highest BCUT2D eigenvalue weighted by Crippen LogP contribution is 2.25. The number of nitrogens with zero attached hydrogens (tertiary/aromatic N) is 1. The van der Waals surface area contributed by atoms with Crippen LogP contribution in [0, 0.1) is 0 Å². The molecule has 1 heterocycles. The summed E-state index contributed by atoms with van der Waals surface area (Å²) >= 11 is 3.41. The van der Waals surface area contributed by atoms with Gasteiger partial charge in [-0.3, -0.25) is 0 Å². The van der Waals surface area contributed by atoms with E-state index < -0.39 is 0 Å². The van der Waals surface area contributed by atoms with Gasteiger partial charge in [-0.1, -0.05) is 12.8 Å². The van der Waals surface area contributed by atoms with E-state index in [1.54, 1.807) is 12.1 Å². The van der Waals surface area contributed by atoms with Gasteiger partial charge in [0.1, 0.15) is 0 Å². The Labute approximate surface area is 116 Å². The number of urea groups is 1. The summed E-state index contributed by atoms with van der Waals surface area (Å²) in [6.07, 6.45) is 4.61. The van der Waals surface area contributed by atoms with Crippen LogP contribution >= 0.6 is 15.9 Å². The van der Waals surface area contributed by atoms with Crippen LogP contribution in [0.1, 0.15) is 25.7 Å². The van der Waals surface area contributed by atoms with Crippen molar-refractivity contribution < 1.29 is 4.79 Å². The number of nitrogens with two attached hydrogens (primary N) is 1. The van der Waals surface area contributed by atoms with Gasteiger partial charge in [-0.25, -0.2) is 4.79 Å². The molecule has 1 aromatic carbocycles. The molecule has 0 unspecified atom stereocenters. The Morgan fingerprint density at radius 2 is 1.89 bits per heavy atom. The summed E-state index contributed by atoms with van der Waals surface area (Å²) < 4.78 is 0.847. The number of carbonyl (C=O) groups excluding carboxylic acids is 1. The first-order valence-corrected chi connectivity index (χ1v) is 7.07. The Morgan fingerprint density at radius 1 is 1.22 bits per heavy atom. The monoisotopic (exact) mass is 311 g/mol. The van der Waals surface area contributed by atoms with Crippen molar-refractivity contribution in [3.63, 3.8) is 0 Å². The first-order chi connectivity index (χ1) is 8.66. The fraction of sp³-hybridized carbons (Fsp3) is 0.462. The molecular weight excluding hydrogens is 294 g/mol. The van der Waals surface area contributed by atoms with Gasteiger partial charge < -0.3 is 16.0 Å². The minimum absolute atomic E-state index is 0.0387. The summed E-state index contributed by atoms with van der Waals surface area (Å²) in [6, 6.07) is 5.36. The predicted octanol–water partition coefficient (Wildman–Crippen LogP) is 3.44. The van der Waals surface area contributed by atoms with E-state index in [0.717, 1.165) is 36.1 Å². The Hall–Kier alpha value is -1.23. The third-order valence-corrected chi connectivity index (χ3v) is 3.82. The van der Waals surface area contributed by atoms with Gasteiger partial charge in [0.15, 0.2) is 0 Å². The number of nitrogens with one attached hydrogen (secondary N) is 1. The van der Waals surface area contributed by atoms with Crippen LogP contribution in [0.4, 0.5) is 16.2 Å². The standard InChI is InChI=1S/C13H18BrN3O/c14-11-6-5-10(15)9-12(11)16-13(18)17-7-3-1-2-4-8-17/h5-6,9H,1-4,7-8,15H2,(H,16,18). The Balaban J connectivity index is 2.03. The van der Waals surface area contributed by atoms with E-state index in [4.69, 9.17) is 5.73 Å². The lowest BCUT2D eigenvalue weighted by atomic mass is 10.2. The van der Waals surface area contributed by atoms with Crippen molar-refractivity contribution in [2.45, 2.75) is 25.7 Å². The van der Waals surface area contributed by atoms with Crippen molar-refractivity contribution in [3.8, 4) is 0 Å². The Kier molecular flexibility index (Phi) is 4.47. The number of carbonyl (C=O) groups is 1. The third kappa shape index (κ3) is 3.38. The van der Waals surface area contributed by atoms with Crippen LogP contribution in [0.5, 0.6) is 0 Å². The summed E-state index contributed by atoms with van der Waals surface area (Å²) in [7, 11) is 0. The van der Waals surface area contributed by atoms with Gasteiger partial charge in [0.05, 0.1) is 5.69 Å². The van der Waals surface area contributed by atoms with E-state index in [2.05, 4.69) is 21.2 Å². The molecule has 1 aliphatic heterocycles. The second-order valence-electron chi connectivity index (χ2n) is 4.57. The fourth-order valence-electron chi connectivity index (χ4n) is 2.11. The number of hydrogen-bond acceptors (Lipinski definition) is 2. The van der Waals surface area contributed by atoms with Crippen LogP contribution < -0.4 is 11.1 Å². The minimum Gasteiger partial charge on any atom is -0.399 e. The quantitative estimate of drug-likeness (QED) is 0.780. The maximum absolute atomic E-state index is 12.1. The van der Waals surface area contributed by atoms with Crippen molar-refractivity contribution in [2.75, 3.05) is 24.1 Å². The lowest BCUT2D eigenvalue weighted by molar-refractivity contribution is 0.214. The Morgan fingerprint density at radius 3 is 2.56 bits per heavy atom. The van der Waals surface area contributed by atoms with Crippen LogP contribution in [0.15, 0.2) is 22.7 Å². The molecule has 0 radical (unpaired) electrons. The maximum Gasteiger partial charge on any atom is 0.321 e. The number of nitrogen functional groups attached to an aromatic ring is 1. The van der Waals surface area contributed by atoms with Crippen LogP contribution in [0.25, 0.3) is 0 Å². The largest absolute Gasteiger partial charge is 0.399 e. The summed E-state index contributed by atoms with van der Waals surface area (Å²) in [5.41, 5.74) is 7.09. The third-order valence-electron chi connectivity index (χ3n) is 3.13. The normalized spacial score (nSPS) is 16.2. The van der Waals surface area contributed by atoms with E-state index in [9.17, 15) is 4.79 Å². The molecule has 1 saturated heterocycles. The highest BCUT2D eigenvalue weighted by Gasteiger charge is 2.16. The first-order valence-electron chi connectivity index (χ1n) is 6.28. The molecule has 98 valence electrons. The summed E-state index contributed by atoms with van der Waals surface area (Å²) in [6.45, 7) is 1.68. The summed E-state index contributed by atoms with van der Waals surface area (Å²) in [5, 5.41) is 2.91. The summed E-state index contributed by atoms with van der Waals surface area (Å²) in [4.78, 5) is 14.0. The molecule has 2 rings (SSSR count). The fourth-order valence-corrected chi connectivity index (χ4v) is 2.45. The van der Waals surface area contributed by atoms with Crippen molar-refractivity contribution in [2.24, 2.45) is 0 Å². The van der Waals surface area contributed by atoms with Crippen molar-refractivity contribution >= 4 is 33.3 Å². The van der Waals surface area contributed by atoms with Gasteiger partial charge in [-0.05, 0) is 47.0 Å². The molecule has 0 bridgehead atoms. The number of amides is 2. The van der Waals surface area contributed by atoms with Gasteiger partial charge >= 0.3 is 6.03 Å². The van der Waals surface area contributed by atoms with Crippen LogP contribution in [0.3, 0.4) is 0 Å². The molecular formula is C13H18BrN3O. The Bertz CT molecular complexity index is 428. The topological polar surface area (TPSA) is 58.4 Å². The SMILES string of the molecule is Nc1ccc(Br)c(NC(=O)N2CCCCCC2)c1. The zero-order chi connectivity index (χ0) is 13.0. The second-order valence-corrected chi connectivity index (χ2v) is 5.43. The van der Waals surface area contributed by atoms with E-state index in [0.29, 0.717) is 5.69 Å². The van der Waals surface area contributed by atoms with Gasteiger partial charge in [0, 0.05) is 23.2 Å². The number of hydrogen-bond donors (Lipinski definition) is 2. The minimum atomic E-state index is -0.0387. The van der Waals surface area contributed by atoms with Gasteiger partial charge in [-0.2, -0.15) is 0 Å². The van der Waals surface area contributed by atoms with E-state index >= 15 is 0 Å². The van der Waals surface area contributed by atoms with Crippen LogP contribution in [-0.4, -0.2) is 24.0 Å². The molecule has 3 N–H and O–H groups in total. The number of benzene rings is 1. The highest BCUT2D eigenvalue weighted by molar-refractivity contribution is 9.10. The van der Waals surface area contributed by atoms with Crippen molar-refractivity contribution in [1.29, 1.82) is 0 Å². The average molecular weight is 312 g/mol. The lowest BCUT2D eigenvalue weighted by Crippen LogP contribution is -2.35. The number of halogens is 1. The molecule has 0 aliphatic carbocycles.